The third kappa shape index (κ3) is 4.46. The van der Waals surface area contributed by atoms with Crippen LogP contribution in [-0.4, -0.2) is 30.0 Å². The molecule has 0 radical (unpaired) electrons. The van der Waals surface area contributed by atoms with E-state index >= 15 is 0 Å². The number of aryl methyl sites for hydroxylation is 2. The molecule has 1 aromatic rings. The Morgan fingerprint density at radius 2 is 2.20 bits per heavy atom. The number of hydrogen-bond donors (Lipinski definition) is 0. The maximum atomic E-state index is 10.9. The Labute approximate surface area is 91.3 Å². The van der Waals surface area contributed by atoms with E-state index in [0.717, 1.165) is 25.2 Å². The predicted molar refractivity (Wildman–Crippen MR) is 60.5 cm³/mol. The lowest BCUT2D eigenvalue weighted by atomic mass is 10.3. The van der Waals surface area contributed by atoms with Gasteiger partial charge in [0, 0.05) is 31.6 Å². The molecule has 0 aromatic carbocycles. The van der Waals surface area contributed by atoms with Gasteiger partial charge in [-0.1, -0.05) is 6.92 Å². The fourth-order valence-electron chi connectivity index (χ4n) is 1.49. The van der Waals surface area contributed by atoms with Crippen molar-refractivity contribution in [2.75, 3.05) is 12.0 Å². The SMILES string of the molecule is CCCc1nccn1CCCS(C)(=O)=O. The zero-order chi connectivity index (χ0) is 11.3. The molecular weight excluding hydrogens is 212 g/mol. The van der Waals surface area contributed by atoms with Gasteiger partial charge in [-0.05, 0) is 12.8 Å². The van der Waals surface area contributed by atoms with Gasteiger partial charge >= 0.3 is 0 Å². The molecule has 1 heterocycles. The van der Waals surface area contributed by atoms with Crippen molar-refractivity contribution < 1.29 is 8.42 Å². The van der Waals surface area contributed by atoms with E-state index in [1.165, 1.54) is 6.26 Å². The van der Waals surface area contributed by atoms with Crippen molar-refractivity contribution in [1.82, 2.24) is 9.55 Å². The van der Waals surface area contributed by atoms with Gasteiger partial charge in [-0.2, -0.15) is 0 Å². The second-order valence-electron chi connectivity index (χ2n) is 3.77. The van der Waals surface area contributed by atoms with E-state index in [0.29, 0.717) is 6.42 Å². The Morgan fingerprint density at radius 1 is 1.47 bits per heavy atom. The van der Waals surface area contributed by atoms with Gasteiger partial charge in [-0.3, -0.25) is 0 Å². The fraction of sp³-hybridized carbons (Fsp3) is 0.700. The van der Waals surface area contributed by atoms with Gasteiger partial charge in [0.2, 0.25) is 0 Å². The van der Waals surface area contributed by atoms with Crippen LogP contribution in [0.1, 0.15) is 25.6 Å². The van der Waals surface area contributed by atoms with Crippen molar-refractivity contribution in [1.29, 1.82) is 0 Å². The van der Waals surface area contributed by atoms with E-state index in [9.17, 15) is 8.42 Å². The standard InChI is InChI=1S/C10H18N2O2S/c1-3-5-10-11-6-8-12(10)7-4-9-15(2,13)14/h6,8H,3-5,7,9H2,1-2H3. The topological polar surface area (TPSA) is 52.0 Å². The number of imidazole rings is 1. The van der Waals surface area contributed by atoms with Crippen LogP contribution in [0.4, 0.5) is 0 Å². The largest absolute Gasteiger partial charge is 0.335 e. The van der Waals surface area contributed by atoms with E-state index < -0.39 is 9.84 Å². The van der Waals surface area contributed by atoms with Gasteiger partial charge in [0.1, 0.15) is 15.7 Å². The summed E-state index contributed by atoms with van der Waals surface area (Å²) in [5, 5.41) is 0. The van der Waals surface area contributed by atoms with Gasteiger partial charge in [0.15, 0.2) is 0 Å². The van der Waals surface area contributed by atoms with Crippen LogP contribution in [0.2, 0.25) is 0 Å². The minimum absolute atomic E-state index is 0.247. The van der Waals surface area contributed by atoms with Crippen molar-refractivity contribution in [3.63, 3.8) is 0 Å². The predicted octanol–water partition coefficient (Wildman–Crippen LogP) is 1.27. The molecule has 0 saturated carbocycles. The third-order valence-electron chi connectivity index (χ3n) is 2.19. The zero-order valence-electron chi connectivity index (χ0n) is 9.31. The summed E-state index contributed by atoms with van der Waals surface area (Å²) in [6.45, 7) is 2.85. The van der Waals surface area contributed by atoms with Crippen LogP contribution in [0.15, 0.2) is 12.4 Å². The average Bonchev–Trinajstić information content (AvgIpc) is 2.51. The summed E-state index contributed by atoms with van der Waals surface area (Å²) in [5.41, 5.74) is 0. The van der Waals surface area contributed by atoms with Crippen LogP contribution >= 0.6 is 0 Å². The molecule has 0 bridgehead atoms. The molecule has 0 amide bonds. The summed E-state index contributed by atoms with van der Waals surface area (Å²) in [7, 11) is -2.84. The molecule has 86 valence electrons. The second kappa shape index (κ2) is 5.30. The summed E-state index contributed by atoms with van der Waals surface area (Å²) >= 11 is 0. The molecule has 0 N–H and O–H groups in total. The average molecular weight is 230 g/mol. The smallest absolute Gasteiger partial charge is 0.147 e. The molecule has 0 spiro atoms. The molecule has 1 rings (SSSR count). The fourth-order valence-corrected chi connectivity index (χ4v) is 2.15. The van der Waals surface area contributed by atoms with Crippen molar-refractivity contribution in [3.8, 4) is 0 Å². The number of sulfone groups is 1. The highest BCUT2D eigenvalue weighted by Gasteiger charge is 2.04. The van der Waals surface area contributed by atoms with E-state index in [1.807, 2.05) is 10.8 Å². The zero-order valence-corrected chi connectivity index (χ0v) is 10.1. The molecular formula is C10H18N2O2S. The van der Waals surface area contributed by atoms with Crippen LogP contribution in [-0.2, 0) is 22.8 Å². The van der Waals surface area contributed by atoms with Gasteiger partial charge in [-0.15, -0.1) is 0 Å². The minimum Gasteiger partial charge on any atom is -0.335 e. The van der Waals surface area contributed by atoms with Crippen molar-refractivity contribution in [2.24, 2.45) is 0 Å². The molecule has 0 saturated heterocycles. The lowest BCUT2D eigenvalue weighted by Gasteiger charge is -2.06. The summed E-state index contributed by atoms with van der Waals surface area (Å²) in [6.07, 6.45) is 7.62. The van der Waals surface area contributed by atoms with Gasteiger partial charge < -0.3 is 4.57 Å². The van der Waals surface area contributed by atoms with Gasteiger partial charge in [0.25, 0.3) is 0 Å². The van der Waals surface area contributed by atoms with Gasteiger partial charge in [0.05, 0.1) is 5.75 Å². The molecule has 0 aliphatic carbocycles. The minimum atomic E-state index is -2.84. The third-order valence-corrected chi connectivity index (χ3v) is 3.22. The highest BCUT2D eigenvalue weighted by Crippen LogP contribution is 2.03. The van der Waals surface area contributed by atoms with Crippen LogP contribution in [0.3, 0.4) is 0 Å². The maximum Gasteiger partial charge on any atom is 0.147 e. The summed E-state index contributed by atoms with van der Waals surface area (Å²) in [6, 6.07) is 0. The summed E-state index contributed by atoms with van der Waals surface area (Å²) in [5.74, 6) is 1.29. The Balaban J connectivity index is 2.47. The molecule has 0 aliphatic rings. The molecule has 15 heavy (non-hydrogen) atoms. The first-order valence-corrected chi connectivity index (χ1v) is 7.26. The van der Waals surface area contributed by atoms with Crippen LogP contribution < -0.4 is 0 Å². The Morgan fingerprint density at radius 3 is 2.80 bits per heavy atom. The van der Waals surface area contributed by atoms with E-state index in [4.69, 9.17) is 0 Å². The molecule has 0 atom stereocenters. The normalized spacial score (nSPS) is 11.9. The lowest BCUT2D eigenvalue weighted by molar-refractivity contribution is 0.586. The van der Waals surface area contributed by atoms with Crippen molar-refractivity contribution in [2.45, 2.75) is 32.7 Å². The number of aromatic nitrogens is 2. The monoisotopic (exact) mass is 230 g/mol. The molecule has 0 aliphatic heterocycles. The first kappa shape index (κ1) is 12.2. The first-order valence-electron chi connectivity index (χ1n) is 5.20. The van der Waals surface area contributed by atoms with Crippen LogP contribution in [0, 0.1) is 0 Å². The number of nitrogens with zero attached hydrogens (tertiary/aromatic N) is 2. The lowest BCUT2D eigenvalue weighted by Crippen LogP contribution is -2.09. The maximum absolute atomic E-state index is 10.9. The van der Waals surface area contributed by atoms with Crippen LogP contribution in [0.5, 0.6) is 0 Å². The van der Waals surface area contributed by atoms with Crippen LogP contribution in [0.25, 0.3) is 0 Å². The quantitative estimate of drug-likeness (QED) is 0.739. The molecule has 1 aromatic heterocycles. The summed E-state index contributed by atoms with van der Waals surface area (Å²) < 4.78 is 23.9. The highest BCUT2D eigenvalue weighted by atomic mass is 32.2. The van der Waals surface area contributed by atoms with Crippen molar-refractivity contribution in [3.05, 3.63) is 18.2 Å². The molecule has 0 unspecified atom stereocenters. The summed E-state index contributed by atoms with van der Waals surface area (Å²) in [4.78, 5) is 4.23. The Kier molecular flexibility index (Phi) is 4.32. The van der Waals surface area contributed by atoms with E-state index in [-0.39, 0.29) is 5.75 Å². The van der Waals surface area contributed by atoms with E-state index in [1.54, 1.807) is 6.20 Å². The second-order valence-corrected chi connectivity index (χ2v) is 6.03. The van der Waals surface area contributed by atoms with Crippen molar-refractivity contribution >= 4 is 9.84 Å². The number of hydrogen-bond acceptors (Lipinski definition) is 3. The Hall–Kier alpha value is -0.840. The highest BCUT2D eigenvalue weighted by molar-refractivity contribution is 7.90. The Bertz CT molecular complexity index is 395. The first-order chi connectivity index (χ1) is 7.03. The molecule has 4 nitrogen and oxygen atoms in total. The number of rotatable bonds is 6. The molecule has 5 heteroatoms. The molecule has 0 fully saturated rings. The van der Waals surface area contributed by atoms with E-state index in [2.05, 4.69) is 11.9 Å². The van der Waals surface area contributed by atoms with Gasteiger partial charge in [-0.25, -0.2) is 13.4 Å².